The number of carbonyl (C=O) groups is 3. The fraction of sp³-hybridized carbons (Fsp3) is 0.500. The zero-order chi connectivity index (χ0) is 23.0. The maximum atomic E-state index is 13.1. The van der Waals surface area contributed by atoms with Gasteiger partial charge in [-0.25, -0.2) is 4.79 Å². The molecule has 0 unspecified atom stereocenters. The SMILES string of the molecule is CNC(=O)O[C@]1(C(C)(C)C)CC[C@@H](C(=O)Nc2c(C(N)=O)oc3ccc(Br)cc23)CC1. The van der Waals surface area contributed by atoms with Crippen molar-refractivity contribution in [2.24, 2.45) is 17.1 Å². The summed E-state index contributed by atoms with van der Waals surface area (Å²) in [7, 11) is 1.53. The molecule has 3 rings (SSSR count). The van der Waals surface area contributed by atoms with Crippen LogP contribution in [0, 0.1) is 11.3 Å². The Bertz CT molecular complexity index is 1020. The first-order valence-electron chi connectivity index (χ1n) is 10.2. The Morgan fingerprint density at radius 2 is 1.87 bits per heavy atom. The fourth-order valence-corrected chi connectivity index (χ4v) is 4.53. The van der Waals surface area contributed by atoms with Gasteiger partial charge >= 0.3 is 6.09 Å². The molecule has 0 bridgehead atoms. The van der Waals surface area contributed by atoms with Gasteiger partial charge in [-0.05, 0) is 43.9 Å². The molecule has 168 valence electrons. The Morgan fingerprint density at radius 1 is 1.23 bits per heavy atom. The average Bonchev–Trinajstić information content (AvgIpc) is 3.05. The Balaban J connectivity index is 1.80. The molecule has 9 heteroatoms. The Morgan fingerprint density at radius 3 is 2.42 bits per heavy atom. The molecule has 4 N–H and O–H groups in total. The lowest BCUT2D eigenvalue weighted by molar-refractivity contribution is -0.128. The maximum Gasteiger partial charge on any atom is 0.407 e. The zero-order valence-electron chi connectivity index (χ0n) is 18.1. The van der Waals surface area contributed by atoms with Crippen LogP contribution in [0.1, 0.15) is 57.0 Å². The van der Waals surface area contributed by atoms with Crippen molar-refractivity contribution < 1.29 is 23.5 Å². The summed E-state index contributed by atoms with van der Waals surface area (Å²) in [5, 5.41) is 5.96. The topological polar surface area (TPSA) is 124 Å². The molecule has 1 fully saturated rings. The molecule has 0 atom stereocenters. The van der Waals surface area contributed by atoms with Gasteiger partial charge in [0.1, 0.15) is 16.9 Å². The van der Waals surface area contributed by atoms with Gasteiger partial charge in [0.05, 0.1) is 0 Å². The van der Waals surface area contributed by atoms with Gasteiger partial charge in [-0.15, -0.1) is 0 Å². The Kier molecular flexibility index (Phi) is 6.36. The molecule has 1 aliphatic rings. The van der Waals surface area contributed by atoms with E-state index in [1.165, 1.54) is 7.05 Å². The van der Waals surface area contributed by atoms with E-state index in [-0.39, 0.29) is 28.7 Å². The zero-order valence-corrected chi connectivity index (χ0v) is 19.7. The Hall–Kier alpha value is -2.55. The number of rotatable bonds is 4. The van der Waals surface area contributed by atoms with Crippen molar-refractivity contribution >= 4 is 50.5 Å². The van der Waals surface area contributed by atoms with Crippen molar-refractivity contribution in [1.29, 1.82) is 0 Å². The number of amides is 3. The molecule has 1 aromatic carbocycles. The molecule has 0 aliphatic heterocycles. The quantitative estimate of drug-likeness (QED) is 0.575. The molecule has 3 amide bonds. The molecule has 0 saturated heterocycles. The number of benzene rings is 1. The lowest BCUT2D eigenvalue weighted by Gasteiger charge is -2.47. The minimum absolute atomic E-state index is 0.0794. The van der Waals surface area contributed by atoms with Crippen LogP contribution in [0.5, 0.6) is 0 Å². The highest BCUT2D eigenvalue weighted by Crippen LogP contribution is 2.47. The predicted octanol–water partition coefficient (Wildman–Crippen LogP) is 4.56. The minimum atomic E-state index is -0.753. The van der Waals surface area contributed by atoms with E-state index in [4.69, 9.17) is 14.9 Å². The van der Waals surface area contributed by atoms with Crippen LogP contribution < -0.4 is 16.4 Å². The summed E-state index contributed by atoms with van der Waals surface area (Å²) >= 11 is 3.40. The average molecular weight is 494 g/mol. The smallest absolute Gasteiger partial charge is 0.407 e. The third-order valence-electron chi connectivity index (χ3n) is 6.15. The number of alkyl carbamates (subject to hydrolysis) is 1. The molecule has 1 aliphatic carbocycles. The lowest BCUT2D eigenvalue weighted by atomic mass is 9.65. The van der Waals surface area contributed by atoms with Crippen molar-refractivity contribution in [2.75, 3.05) is 12.4 Å². The minimum Gasteiger partial charge on any atom is -0.449 e. The highest BCUT2D eigenvalue weighted by Gasteiger charge is 2.48. The van der Waals surface area contributed by atoms with Gasteiger partial charge < -0.3 is 25.5 Å². The molecule has 2 aromatic rings. The standard InChI is InChI=1S/C22H28BrN3O5/c1-21(2,3)22(31-20(29)25-4)9-7-12(8-10-22)19(28)26-16-14-11-13(23)5-6-15(14)30-17(16)18(24)27/h5-6,11-12H,7-10H2,1-4H3,(H2,24,27)(H,25,29)(H,26,28)/t12-,22-. The second-order valence-electron chi connectivity index (χ2n) is 8.96. The molecule has 0 radical (unpaired) electrons. The molecular formula is C22H28BrN3O5. The first-order valence-corrected chi connectivity index (χ1v) is 11.0. The van der Waals surface area contributed by atoms with Gasteiger partial charge in [0, 0.05) is 28.2 Å². The molecule has 1 aromatic heterocycles. The fourth-order valence-electron chi connectivity index (χ4n) is 4.17. The van der Waals surface area contributed by atoms with Crippen molar-refractivity contribution in [1.82, 2.24) is 5.32 Å². The van der Waals surface area contributed by atoms with Crippen LogP contribution in [-0.2, 0) is 9.53 Å². The van der Waals surface area contributed by atoms with Gasteiger partial charge in [-0.3, -0.25) is 9.59 Å². The van der Waals surface area contributed by atoms with Gasteiger partial charge in [0.2, 0.25) is 11.7 Å². The third kappa shape index (κ3) is 4.56. The van der Waals surface area contributed by atoms with Crippen LogP contribution in [0.25, 0.3) is 11.0 Å². The summed E-state index contributed by atoms with van der Waals surface area (Å²) in [4.78, 5) is 36.9. The number of fused-ring (bicyclic) bond motifs is 1. The number of hydrogen-bond acceptors (Lipinski definition) is 5. The second-order valence-corrected chi connectivity index (χ2v) is 9.87. The summed E-state index contributed by atoms with van der Waals surface area (Å²) in [6, 6.07) is 5.25. The van der Waals surface area contributed by atoms with Gasteiger partial charge in [-0.2, -0.15) is 0 Å². The maximum absolute atomic E-state index is 13.1. The van der Waals surface area contributed by atoms with Crippen LogP contribution in [0.15, 0.2) is 27.1 Å². The van der Waals surface area contributed by atoms with Crippen molar-refractivity contribution in [2.45, 2.75) is 52.1 Å². The molecule has 8 nitrogen and oxygen atoms in total. The van der Waals surface area contributed by atoms with Gasteiger partial charge in [0.15, 0.2) is 0 Å². The molecule has 1 heterocycles. The first-order chi connectivity index (χ1) is 14.5. The first kappa shape index (κ1) is 23.1. The summed E-state index contributed by atoms with van der Waals surface area (Å²) in [6.07, 6.45) is 1.74. The lowest BCUT2D eigenvalue weighted by Crippen LogP contribution is -2.51. The summed E-state index contributed by atoms with van der Waals surface area (Å²) in [5.41, 5.74) is 5.26. The van der Waals surface area contributed by atoms with Crippen LogP contribution in [-0.4, -0.2) is 30.6 Å². The number of primary amides is 1. The van der Waals surface area contributed by atoms with Gasteiger partial charge in [0.25, 0.3) is 5.91 Å². The number of anilines is 1. The second kappa shape index (κ2) is 8.53. The number of furan rings is 1. The monoisotopic (exact) mass is 493 g/mol. The normalized spacial score (nSPS) is 21.5. The molecular weight excluding hydrogens is 466 g/mol. The van der Waals surface area contributed by atoms with E-state index in [0.717, 1.165) is 4.47 Å². The number of carbonyl (C=O) groups excluding carboxylic acids is 3. The van der Waals surface area contributed by atoms with E-state index in [0.29, 0.717) is 36.7 Å². The summed E-state index contributed by atoms with van der Waals surface area (Å²) in [5.74, 6) is -1.34. The Labute approximate surface area is 189 Å². The van der Waals surface area contributed by atoms with E-state index in [1.54, 1.807) is 18.2 Å². The van der Waals surface area contributed by atoms with Gasteiger partial charge in [-0.1, -0.05) is 36.7 Å². The summed E-state index contributed by atoms with van der Waals surface area (Å²) in [6.45, 7) is 6.10. The van der Waals surface area contributed by atoms with E-state index >= 15 is 0 Å². The van der Waals surface area contributed by atoms with Crippen molar-refractivity contribution in [3.8, 4) is 0 Å². The number of hydrogen-bond donors (Lipinski definition) is 3. The highest BCUT2D eigenvalue weighted by molar-refractivity contribution is 9.10. The van der Waals surface area contributed by atoms with Crippen LogP contribution in [0.3, 0.4) is 0 Å². The van der Waals surface area contributed by atoms with E-state index in [9.17, 15) is 14.4 Å². The largest absolute Gasteiger partial charge is 0.449 e. The number of nitrogens with one attached hydrogen (secondary N) is 2. The highest BCUT2D eigenvalue weighted by atomic mass is 79.9. The van der Waals surface area contributed by atoms with E-state index in [1.807, 2.05) is 20.8 Å². The van der Waals surface area contributed by atoms with Crippen molar-refractivity contribution in [3.63, 3.8) is 0 Å². The molecule has 1 saturated carbocycles. The van der Waals surface area contributed by atoms with Crippen LogP contribution in [0.2, 0.25) is 0 Å². The number of nitrogens with two attached hydrogens (primary N) is 1. The van der Waals surface area contributed by atoms with E-state index in [2.05, 4.69) is 26.6 Å². The molecule has 31 heavy (non-hydrogen) atoms. The number of halogens is 1. The third-order valence-corrected chi connectivity index (χ3v) is 6.64. The summed E-state index contributed by atoms with van der Waals surface area (Å²) < 4.78 is 12.1. The van der Waals surface area contributed by atoms with Crippen molar-refractivity contribution in [3.05, 3.63) is 28.4 Å². The molecule has 0 spiro atoms. The predicted molar refractivity (Wildman–Crippen MR) is 121 cm³/mol. The van der Waals surface area contributed by atoms with Crippen LogP contribution in [0.4, 0.5) is 10.5 Å². The van der Waals surface area contributed by atoms with E-state index < -0.39 is 17.6 Å². The van der Waals surface area contributed by atoms with Crippen LogP contribution >= 0.6 is 15.9 Å². The number of ether oxygens (including phenoxy) is 1.